The smallest absolute Gasteiger partial charge is 0.277 e. The highest BCUT2D eigenvalue weighted by Crippen LogP contribution is 2.29. The Bertz CT molecular complexity index is 1090. The van der Waals surface area contributed by atoms with Crippen molar-refractivity contribution in [2.75, 3.05) is 18.2 Å². The standard InChI is InChI=1S/C19H16N4O3S/c1-25-13-6-4-5-12(9-13)21-17(24)11-27-19-23-22-18(26-19)15-10-20-16-8-3-2-7-14(15)16/h2-10,20H,11H2,1H3,(H,21,24). The zero-order valence-corrected chi connectivity index (χ0v) is 15.2. The minimum absolute atomic E-state index is 0.159. The molecule has 0 radical (unpaired) electrons. The van der Waals surface area contributed by atoms with E-state index in [4.69, 9.17) is 9.15 Å². The van der Waals surface area contributed by atoms with Gasteiger partial charge in [-0.2, -0.15) is 0 Å². The molecule has 2 N–H and O–H groups in total. The quantitative estimate of drug-likeness (QED) is 0.492. The van der Waals surface area contributed by atoms with Gasteiger partial charge in [-0.05, 0) is 18.2 Å². The summed E-state index contributed by atoms with van der Waals surface area (Å²) < 4.78 is 10.8. The summed E-state index contributed by atoms with van der Waals surface area (Å²) in [6, 6.07) is 15.1. The van der Waals surface area contributed by atoms with Gasteiger partial charge in [-0.1, -0.05) is 36.0 Å². The number of hydrogen-bond donors (Lipinski definition) is 2. The van der Waals surface area contributed by atoms with Crippen molar-refractivity contribution in [2.45, 2.75) is 5.22 Å². The Labute approximate surface area is 159 Å². The zero-order valence-electron chi connectivity index (χ0n) is 14.4. The van der Waals surface area contributed by atoms with Crippen LogP contribution in [0.1, 0.15) is 0 Å². The molecule has 27 heavy (non-hydrogen) atoms. The lowest BCUT2D eigenvalue weighted by molar-refractivity contribution is -0.113. The van der Waals surface area contributed by atoms with E-state index in [2.05, 4.69) is 20.5 Å². The van der Waals surface area contributed by atoms with E-state index in [1.165, 1.54) is 11.8 Å². The largest absolute Gasteiger partial charge is 0.497 e. The lowest BCUT2D eigenvalue weighted by atomic mass is 10.2. The summed E-state index contributed by atoms with van der Waals surface area (Å²) >= 11 is 1.19. The van der Waals surface area contributed by atoms with Gasteiger partial charge in [0.15, 0.2) is 0 Å². The molecule has 0 spiro atoms. The number of nitrogens with zero attached hydrogens (tertiary/aromatic N) is 2. The van der Waals surface area contributed by atoms with E-state index in [0.29, 0.717) is 22.6 Å². The summed E-state index contributed by atoms with van der Waals surface area (Å²) in [5, 5.41) is 12.3. The number of fused-ring (bicyclic) bond motifs is 1. The average Bonchev–Trinajstić information content (AvgIpc) is 3.33. The van der Waals surface area contributed by atoms with Crippen molar-refractivity contribution < 1.29 is 13.9 Å². The first-order chi connectivity index (χ1) is 13.2. The van der Waals surface area contributed by atoms with E-state index < -0.39 is 0 Å². The maximum atomic E-state index is 12.1. The molecule has 2 aromatic carbocycles. The van der Waals surface area contributed by atoms with Crippen LogP contribution in [-0.4, -0.2) is 34.0 Å². The molecular formula is C19H16N4O3S. The van der Waals surface area contributed by atoms with Gasteiger partial charge < -0.3 is 19.5 Å². The van der Waals surface area contributed by atoms with Crippen LogP contribution >= 0.6 is 11.8 Å². The molecule has 0 saturated carbocycles. The molecule has 2 heterocycles. The van der Waals surface area contributed by atoms with Crippen molar-refractivity contribution in [2.24, 2.45) is 0 Å². The predicted octanol–water partition coefficient (Wildman–Crippen LogP) is 3.96. The highest BCUT2D eigenvalue weighted by atomic mass is 32.2. The number of thioether (sulfide) groups is 1. The molecule has 8 heteroatoms. The molecule has 4 aromatic rings. The van der Waals surface area contributed by atoms with Crippen molar-refractivity contribution in [1.82, 2.24) is 15.2 Å². The van der Waals surface area contributed by atoms with E-state index in [0.717, 1.165) is 16.5 Å². The molecule has 0 aliphatic heterocycles. The molecule has 0 bridgehead atoms. The fourth-order valence-corrected chi connectivity index (χ4v) is 3.21. The lowest BCUT2D eigenvalue weighted by Gasteiger charge is -2.05. The maximum Gasteiger partial charge on any atom is 0.277 e. The second-order valence-corrected chi connectivity index (χ2v) is 6.62. The highest BCUT2D eigenvalue weighted by molar-refractivity contribution is 7.99. The second kappa shape index (κ2) is 7.55. The van der Waals surface area contributed by atoms with Crippen LogP contribution in [0, 0.1) is 0 Å². The van der Waals surface area contributed by atoms with Crippen LogP contribution in [0.4, 0.5) is 5.69 Å². The topological polar surface area (TPSA) is 93.0 Å². The molecule has 4 rings (SSSR count). The van der Waals surface area contributed by atoms with Crippen LogP contribution in [0.2, 0.25) is 0 Å². The minimum atomic E-state index is -0.167. The van der Waals surface area contributed by atoms with Gasteiger partial charge in [0.2, 0.25) is 5.91 Å². The van der Waals surface area contributed by atoms with Crippen molar-refractivity contribution in [3.63, 3.8) is 0 Å². The van der Waals surface area contributed by atoms with Crippen molar-refractivity contribution >= 4 is 34.3 Å². The van der Waals surface area contributed by atoms with Gasteiger partial charge in [0.05, 0.1) is 18.4 Å². The normalized spacial score (nSPS) is 10.9. The lowest BCUT2D eigenvalue weighted by Crippen LogP contribution is -2.13. The number of carbonyl (C=O) groups excluding carboxylic acids is 1. The third-order valence-corrected chi connectivity index (χ3v) is 4.72. The molecule has 0 fully saturated rings. The van der Waals surface area contributed by atoms with Crippen molar-refractivity contribution in [1.29, 1.82) is 0 Å². The van der Waals surface area contributed by atoms with Gasteiger partial charge in [0, 0.05) is 28.9 Å². The Morgan fingerprint density at radius 1 is 1.22 bits per heavy atom. The molecule has 1 amide bonds. The number of hydrogen-bond acceptors (Lipinski definition) is 6. The monoisotopic (exact) mass is 380 g/mol. The SMILES string of the molecule is COc1cccc(NC(=O)CSc2nnc(-c3c[nH]c4ccccc34)o2)c1. The van der Waals surface area contributed by atoms with E-state index in [1.54, 1.807) is 19.2 Å². The van der Waals surface area contributed by atoms with E-state index >= 15 is 0 Å². The summed E-state index contributed by atoms with van der Waals surface area (Å²) in [7, 11) is 1.58. The van der Waals surface area contributed by atoms with Gasteiger partial charge in [0.25, 0.3) is 11.1 Å². The number of rotatable bonds is 6. The van der Waals surface area contributed by atoms with E-state index in [9.17, 15) is 4.79 Å². The van der Waals surface area contributed by atoms with Crippen LogP contribution < -0.4 is 10.1 Å². The highest BCUT2D eigenvalue weighted by Gasteiger charge is 2.14. The molecule has 0 aliphatic rings. The number of nitrogens with one attached hydrogen (secondary N) is 2. The third kappa shape index (κ3) is 3.80. The molecule has 2 aromatic heterocycles. The van der Waals surface area contributed by atoms with Crippen LogP contribution in [0.25, 0.3) is 22.4 Å². The summed E-state index contributed by atoms with van der Waals surface area (Å²) in [6.07, 6.45) is 1.84. The first-order valence-corrected chi connectivity index (χ1v) is 9.18. The molecule has 0 atom stereocenters. The minimum Gasteiger partial charge on any atom is -0.497 e. The van der Waals surface area contributed by atoms with Gasteiger partial charge in [-0.25, -0.2) is 0 Å². The van der Waals surface area contributed by atoms with Gasteiger partial charge in [-0.3, -0.25) is 4.79 Å². The number of benzene rings is 2. The summed E-state index contributed by atoms with van der Waals surface area (Å²) in [4.78, 5) is 15.3. The van der Waals surface area contributed by atoms with Crippen LogP contribution in [0.15, 0.2) is 64.4 Å². The van der Waals surface area contributed by atoms with Crippen molar-refractivity contribution in [3.8, 4) is 17.2 Å². The summed E-state index contributed by atoms with van der Waals surface area (Å²) in [5.74, 6) is 1.09. The molecule has 0 saturated heterocycles. The summed E-state index contributed by atoms with van der Waals surface area (Å²) in [5.41, 5.74) is 2.51. The van der Waals surface area contributed by atoms with Gasteiger partial charge >= 0.3 is 0 Å². The van der Waals surface area contributed by atoms with Crippen LogP contribution in [-0.2, 0) is 4.79 Å². The van der Waals surface area contributed by atoms with Gasteiger partial charge in [-0.15, -0.1) is 10.2 Å². The van der Waals surface area contributed by atoms with Crippen LogP contribution in [0.5, 0.6) is 5.75 Å². The summed E-state index contributed by atoms with van der Waals surface area (Å²) in [6.45, 7) is 0. The molecule has 7 nitrogen and oxygen atoms in total. The number of ether oxygens (including phenoxy) is 1. The number of methoxy groups -OCH3 is 1. The van der Waals surface area contributed by atoms with E-state index in [1.807, 2.05) is 42.6 Å². The van der Waals surface area contributed by atoms with Crippen molar-refractivity contribution in [3.05, 3.63) is 54.7 Å². The molecular weight excluding hydrogens is 364 g/mol. The first-order valence-electron chi connectivity index (χ1n) is 8.19. The second-order valence-electron chi connectivity index (χ2n) is 5.69. The predicted molar refractivity (Wildman–Crippen MR) is 104 cm³/mol. The number of anilines is 1. The van der Waals surface area contributed by atoms with E-state index in [-0.39, 0.29) is 11.7 Å². The molecule has 136 valence electrons. The Morgan fingerprint density at radius 2 is 2.11 bits per heavy atom. The Balaban J connectivity index is 1.40. The number of carbonyl (C=O) groups is 1. The maximum absolute atomic E-state index is 12.1. The van der Waals surface area contributed by atoms with Gasteiger partial charge in [0.1, 0.15) is 5.75 Å². The Hall–Kier alpha value is -3.26. The number of aromatic nitrogens is 3. The number of aromatic amines is 1. The first kappa shape index (κ1) is 17.2. The fourth-order valence-electron chi connectivity index (χ4n) is 2.65. The molecule has 0 unspecified atom stereocenters. The average molecular weight is 380 g/mol. The Morgan fingerprint density at radius 3 is 3.00 bits per heavy atom. The van der Waals surface area contributed by atoms with Crippen LogP contribution in [0.3, 0.4) is 0 Å². The number of amides is 1. The fraction of sp³-hybridized carbons (Fsp3) is 0.105. The number of H-pyrrole nitrogens is 1. The molecule has 0 aliphatic carbocycles. The Kier molecular flexibility index (Phi) is 4.80. The number of para-hydroxylation sites is 1. The third-order valence-electron chi connectivity index (χ3n) is 3.91. The zero-order chi connectivity index (χ0) is 18.6.